The molecule has 0 unspecified atom stereocenters. The van der Waals surface area contributed by atoms with Gasteiger partial charge in [-0.15, -0.1) is 0 Å². The first kappa shape index (κ1) is 24.2. The Balaban J connectivity index is 0.000000442. The van der Waals surface area contributed by atoms with Crippen LogP contribution in [0, 0.1) is 10.1 Å². The van der Waals surface area contributed by atoms with Gasteiger partial charge in [-0.2, -0.15) is 0 Å². The Morgan fingerprint density at radius 1 is 1.00 bits per heavy atom. The Morgan fingerprint density at radius 3 is 2.21 bits per heavy atom. The molecule has 0 aliphatic heterocycles. The molecule has 2 aromatic carbocycles. The van der Waals surface area contributed by atoms with Crippen molar-refractivity contribution < 1.29 is 9.72 Å². The SMILES string of the molecule is C1CCCCC1.CC(C)(CNc1c([N+](=O)[O-])cnc2cc(-c3ccccc3)ccc12)NC=O. The molecule has 1 fully saturated rings. The Kier molecular flexibility index (Phi) is 8.35. The zero-order valence-corrected chi connectivity index (χ0v) is 19.3. The van der Waals surface area contributed by atoms with Crippen LogP contribution in [-0.4, -0.2) is 28.4 Å². The number of benzene rings is 2. The van der Waals surface area contributed by atoms with Crippen molar-refractivity contribution in [1.82, 2.24) is 10.3 Å². The van der Waals surface area contributed by atoms with E-state index in [-0.39, 0.29) is 5.69 Å². The molecule has 1 aliphatic carbocycles. The summed E-state index contributed by atoms with van der Waals surface area (Å²) in [4.78, 5) is 26.0. The summed E-state index contributed by atoms with van der Waals surface area (Å²) in [6.07, 6.45) is 10.9. The Bertz CT molecular complexity index is 1070. The van der Waals surface area contributed by atoms with Gasteiger partial charge in [0.2, 0.25) is 6.41 Å². The lowest BCUT2D eigenvalue weighted by atomic mass is 10.0. The van der Waals surface area contributed by atoms with Crippen LogP contribution >= 0.6 is 0 Å². The van der Waals surface area contributed by atoms with Crippen LogP contribution in [-0.2, 0) is 4.79 Å². The number of fused-ring (bicyclic) bond motifs is 1. The topological polar surface area (TPSA) is 97.2 Å². The molecule has 0 saturated heterocycles. The number of carbonyl (C=O) groups is 1. The maximum absolute atomic E-state index is 11.5. The minimum atomic E-state index is -0.560. The van der Waals surface area contributed by atoms with E-state index in [2.05, 4.69) is 15.6 Å². The first-order valence-electron chi connectivity index (χ1n) is 11.5. The highest BCUT2D eigenvalue weighted by Gasteiger charge is 2.22. The van der Waals surface area contributed by atoms with Crippen LogP contribution in [0.5, 0.6) is 0 Å². The molecule has 33 heavy (non-hydrogen) atoms. The van der Waals surface area contributed by atoms with Crippen LogP contribution in [0.15, 0.2) is 54.7 Å². The number of anilines is 1. The fourth-order valence-corrected chi connectivity index (χ4v) is 3.90. The van der Waals surface area contributed by atoms with Gasteiger partial charge in [-0.1, -0.05) is 74.9 Å². The maximum Gasteiger partial charge on any atom is 0.311 e. The second-order valence-electron chi connectivity index (χ2n) is 8.99. The van der Waals surface area contributed by atoms with E-state index in [1.165, 1.54) is 44.7 Å². The third kappa shape index (κ3) is 6.75. The molecule has 0 atom stereocenters. The van der Waals surface area contributed by atoms with Crippen molar-refractivity contribution in [3.63, 3.8) is 0 Å². The number of hydrogen-bond acceptors (Lipinski definition) is 5. The fourth-order valence-electron chi connectivity index (χ4n) is 3.90. The van der Waals surface area contributed by atoms with Gasteiger partial charge >= 0.3 is 5.69 Å². The predicted molar refractivity (Wildman–Crippen MR) is 133 cm³/mol. The van der Waals surface area contributed by atoms with Gasteiger partial charge in [-0.3, -0.25) is 14.9 Å². The minimum Gasteiger partial charge on any atom is -0.377 e. The molecule has 174 valence electrons. The average Bonchev–Trinajstić information content (AvgIpc) is 2.84. The van der Waals surface area contributed by atoms with Gasteiger partial charge in [0.25, 0.3) is 0 Å². The van der Waals surface area contributed by atoms with Crippen LogP contribution < -0.4 is 10.6 Å². The van der Waals surface area contributed by atoms with Crippen molar-refractivity contribution in [1.29, 1.82) is 0 Å². The second kappa shape index (κ2) is 11.4. The van der Waals surface area contributed by atoms with Crippen molar-refractivity contribution in [3.05, 3.63) is 64.8 Å². The van der Waals surface area contributed by atoms with Gasteiger partial charge in [-0.05, 0) is 37.1 Å². The molecular formula is C26H32N4O3. The van der Waals surface area contributed by atoms with Crippen molar-refractivity contribution in [3.8, 4) is 11.1 Å². The number of nitrogens with one attached hydrogen (secondary N) is 2. The van der Waals surface area contributed by atoms with E-state index in [9.17, 15) is 14.9 Å². The van der Waals surface area contributed by atoms with Crippen LogP contribution in [0.3, 0.4) is 0 Å². The minimum absolute atomic E-state index is 0.100. The zero-order chi connectivity index (χ0) is 23.7. The number of carbonyl (C=O) groups excluding carboxylic acids is 1. The van der Waals surface area contributed by atoms with E-state index in [0.717, 1.165) is 11.1 Å². The highest BCUT2D eigenvalue weighted by atomic mass is 16.6. The molecule has 1 aliphatic rings. The average molecular weight is 449 g/mol. The number of nitrogens with zero attached hydrogens (tertiary/aromatic N) is 2. The quantitative estimate of drug-likeness (QED) is 0.259. The Morgan fingerprint density at radius 2 is 1.64 bits per heavy atom. The largest absolute Gasteiger partial charge is 0.377 e. The molecular weight excluding hydrogens is 416 g/mol. The lowest BCUT2D eigenvalue weighted by molar-refractivity contribution is -0.384. The summed E-state index contributed by atoms with van der Waals surface area (Å²) in [5.41, 5.74) is 2.42. The third-order valence-electron chi connectivity index (χ3n) is 5.81. The summed E-state index contributed by atoms with van der Waals surface area (Å²) in [7, 11) is 0. The van der Waals surface area contributed by atoms with Gasteiger partial charge in [0.05, 0.1) is 16.0 Å². The molecule has 1 saturated carbocycles. The Hall–Kier alpha value is -3.48. The zero-order valence-electron chi connectivity index (χ0n) is 19.3. The molecule has 1 amide bonds. The second-order valence-corrected chi connectivity index (χ2v) is 8.99. The summed E-state index contributed by atoms with van der Waals surface area (Å²) in [6, 6.07) is 15.5. The molecule has 2 N–H and O–H groups in total. The van der Waals surface area contributed by atoms with Crippen molar-refractivity contribution in [2.75, 3.05) is 11.9 Å². The first-order chi connectivity index (χ1) is 15.9. The normalized spacial score (nSPS) is 13.5. The van der Waals surface area contributed by atoms with E-state index >= 15 is 0 Å². The molecule has 7 nitrogen and oxygen atoms in total. The van der Waals surface area contributed by atoms with Gasteiger partial charge in [0.15, 0.2) is 0 Å². The summed E-state index contributed by atoms with van der Waals surface area (Å²) in [5.74, 6) is 0. The monoisotopic (exact) mass is 448 g/mol. The molecule has 0 bridgehead atoms. The lowest BCUT2D eigenvalue weighted by Crippen LogP contribution is -2.44. The number of aromatic nitrogens is 1. The summed E-state index contributed by atoms with van der Waals surface area (Å²) in [5, 5.41) is 17.9. The van der Waals surface area contributed by atoms with Gasteiger partial charge < -0.3 is 10.6 Å². The number of hydrogen-bond donors (Lipinski definition) is 2. The fraction of sp³-hybridized carbons (Fsp3) is 0.385. The molecule has 1 aromatic heterocycles. The molecule has 7 heteroatoms. The predicted octanol–water partition coefficient (Wildman–Crippen LogP) is 6.09. The molecule has 0 radical (unpaired) electrons. The van der Waals surface area contributed by atoms with Crippen LogP contribution in [0.4, 0.5) is 11.4 Å². The molecule has 4 rings (SSSR count). The van der Waals surface area contributed by atoms with Crippen molar-refractivity contribution >= 4 is 28.7 Å². The standard InChI is InChI=1S/C20H20N4O3.C6H12/c1-20(2,23-13-25)12-22-19-16-9-8-15(14-6-4-3-5-7-14)10-17(16)21-11-18(19)24(26)27;1-2-4-6-5-3-1/h3-11,13H,12H2,1-2H3,(H,21,22)(H,23,25);1-6H2. The maximum atomic E-state index is 11.5. The van der Waals surface area contributed by atoms with Crippen molar-refractivity contribution in [2.45, 2.75) is 57.9 Å². The number of amides is 1. The molecule has 1 heterocycles. The highest BCUT2D eigenvalue weighted by molar-refractivity contribution is 5.97. The van der Waals surface area contributed by atoms with E-state index in [0.29, 0.717) is 29.5 Å². The summed E-state index contributed by atoms with van der Waals surface area (Å²) < 4.78 is 0. The first-order valence-corrected chi connectivity index (χ1v) is 11.5. The van der Waals surface area contributed by atoms with Gasteiger partial charge in [-0.25, -0.2) is 4.98 Å². The Labute approximate surface area is 194 Å². The smallest absolute Gasteiger partial charge is 0.311 e. The van der Waals surface area contributed by atoms with E-state index in [4.69, 9.17) is 0 Å². The van der Waals surface area contributed by atoms with Crippen LogP contribution in [0.2, 0.25) is 0 Å². The lowest BCUT2D eigenvalue weighted by Gasteiger charge is -2.25. The number of pyridine rings is 1. The van der Waals surface area contributed by atoms with Gasteiger partial charge in [0.1, 0.15) is 11.9 Å². The van der Waals surface area contributed by atoms with Crippen LogP contribution in [0.1, 0.15) is 52.4 Å². The number of nitro groups is 1. The van der Waals surface area contributed by atoms with Gasteiger partial charge in [0, 0.05) is 11.9 Å². The van der Waals surface area contributed by atoms with E-state index < -0.39 is 10.5 Å². The van der Waals surface area contributed by atoms with E-state index in [1.807, 2.05) is 62.4 Å². The molecule has 3 aromatic rings. The van der Waals surface area contributed by atoms with Crippen LogP contribution in [0.25, 0.3) is 22.0 Å². The van der Waals surface area contributed by atoms with Crippen molar-refractivity contribution in [2.24, 2.45) is 0 Å². The third-order valence-corrected chi connectivity index (χ3v) is 5.81. The van der Waals surface area contributed by atoms with E-state index in [1.54, 1.807) is 0 Å². The molecule has 0 spiro atoms. The summed E-state index contributed by atoms with van der Waals surface area (Å²) in [6.45, 7) is 3.99. The number of rotatable bonds is 7. The highest BCUT2D eigenvalue weighted by Crippen LogP contribution is 2.34. The summed E-state index contributed by atoms with van der Waals surface area (Å²) >= 11 is 0.